The molecule has 6 nitrogen and oxygen atoms in total. The predicted molar refractivity (Wildman–Crippen MR) is 97.7 cm³/mol. The number of likely N-dealkylation sites (N-methyl/N-ethyl adjacent to an activating group) is 2. The molecule has 1 heterocycles. The first kappa shape index (κ1) is 17.9. The normalized spacial score (nSPS) is 10.8. The maximum Gasteiger partial charge on any atom is 0.250 e. The number of nitrogens with zero attached hydrogens (tertiary/aromatic N) is 2. The van der Waals surface area contributed by atoms with E-state index in [0.29, 0.717) is 5.57 Å². The van der Waals surface area contributed by atoms with Gasteiger partial charge in [-0.2, -0.15) is 5.10 Å². The summed E-state index contributed by atoms with van der Waals surface area (Å²) < 4.78 is 0. The number of aromatic nitrogens is 2. The number of rotatable bonds is 8. The standard InChI is InChI=1S/C18H25N5O/c1-13(2)18(24)21-16-7-5-6-14(10-16)17-15(11-20-22-17)12-23(4)9-8-19-3/h5-7,10-11,19H,1,8-9,12H2,2-4H3,(H,20,22)(H,21,24). The third-order valence-electron chi connectivity index (χ3n) is 3.70. The third kappa shape index (κ3) is 4.78. The van der Waals surface area contributed by atoms with Gasteiger partial charge in [-0.05, 0) is 33.2 Å². The van der Waals surface area contributed by atoms with Crippen molar-refractivity contribution in [1.82, 2.24) is 20.4 Å². The molecule has 6 heteroatoms. The molecule has 3 N–H and O–H groups in total. The number of nitrogens with one attached hydrogen (secondary N) is 3. The number of carbonyl (C=O) groups is 1. The molecule has 0 bridgehead atoms. The Kier molecular flexibility index (Phi) is 6.28. The molecule has 0 fully saturated rings. The first-order valence-electron chi connectivity index (χ1n) is 7.94. The van der Waals surface area contributed by atoms with Gasteiger partial charge in [-0.25, -0.2) is 0 Å². The molecular weight excluding hydrogens is 302 g/mol. The molecule has 1 aromatic heterocycles. The van der Waals surface area contributed by atoms with Crippen LogP contribution in [0.4, 0.5) is 5.69 Å². The van der Waals surface area contributed by atoms with Crippen LogP contribution in [0.1, 0.15) is 12.5 Å². The number of anilines is 1. The number of amides is 1. The minimum atomic E-state index is -0.177. The van der Waals surface area contributed by atoms with Gasteiger partial charge < -0.3 is 15.5 Å². The second kappa shape index (κ2) is 8.42. The van der Waals surface area contributed by atoms with Gasteiger partial charge in [-0.3, -0.25) is 9.89 Å². The Bertz CT molecular complexity index is 707. The van der Waals surface area contributed by atoms with Crippen molar-refractivity contribution in [1.29, 1.82) is 0 Å². The van der Waals surface area contributed by atoms with Gasteiger partial charge in [0.15, 0.2) is 0 Å². The van der Waals surface area contributed by atoms with E-state index < -0.39 is 0 Å². The van der Waals surface area contributed by atoms with Gasteiger partial charge in [-0.15, -0.1) is 0 Å². The van der Waals surface area contributed by atoms with Crippen molar-refractivity contribution >= 4 is 11.6 Å². The maximum atomic E-state index is 11.8. The SMILES string of the molecule is C=C(C)C(=O)Nc1cccc(-c2[nH]ncc2CN(C)CCNC)c1. The lowest BCUT2D eigenvalue weighted by Gasteiger charge is -2.16. The van der Waals surface area contributed by atoms with Crippen molar-refractivity contribution in [2.75, 3.05) is 32.5 Å². The number of aromatic amines is 1. The average Bonchev–Trinajstić information content (AvgIpc) is 3.01. The van der Waals surface area contributed by atoms with Crippen LogP contribution in [0.3, 0.4) is 0 Å². The number of carbonyl (C=O) groups excluding carboxylic acids is 1. The first-order chi connectivity index (χ1) is 11.5. The third-order valence-corrected chi connectivity index (χ3v) is 3.70. The lowest BCUT2D eigenvalue weighted by atomic mass is 10.1. The van der Waals surface area contributed by atoms with Gasteiger partial charge in [0, 0.05) is 42.0 Å². The van der Waals surface area contributed by atoms with E-state index in [9.17, 15) is 4.79 Å². The summed E-state index contributed by atoms with van der Waals surface area (Å²) in [4.78, 5) is 14.0. The molecule has 0 aliphatic heterocycles. The van der Waals surface area contributed by atoms with Gasteiger partial charge in [0.05, 0.1) is 11.9 Å². The Morgan fingerprint density at radius 3 is 2.92 bits per heavy atom. The summed E-state index contributed by atoms with van der Waals surface area (Å²) in [6.07, 6.45) is 1.85. The largest absolute Gasteiger partial charge is 0.322 e. The van der Waals surface area contributed by atoms with E-state index in [1.807, 2.05) is 37.5 Å². The van der Waals surface area contributed by atoms with Crippen molar-refractivity contribution in [3.8, 4) is 11.3 Å². The molecular formula is C18H25N5O. The van der Waals surface area contributed by atoms with Crippen LogP contribution in [0.2, 0.25) is 0 Å². The fourth-order valence-corrected chi connectivity index (χ4v) is 2.34. The first-order valence-corrected chi connectivity index (χ1v) is 7.94. The monoisotopic (exact) mass is 327 g/mol. The molecule has 0 spiro atoms. The highest BCUT2D eigenvalue weighted by Gasteiger charge is 2.11. The highest BCUT2D eigenvalue weighted by molar-refractivity contribution is 6.03. The number of H-pyrrole nitrogens is 1. The van der Waals surface area contributed by atoms with E-state index in [1.165, 1.54) is 0 Å². The second-order valence-corrected chi connectivity index (χ2v) is 5.93. The van der Waals surface area contributed by atoms with Gasteiger partial charge >= 0.3 is 0 Å². The Balaban J connectivity index is 2.16. The molecule has 0 aliphatic rings. The van der Waals surface area contributed by atoms with Crippen LogP contribution in [-0.2, 0) is 11.3 Å². The number of benzene rings is 1. The van der Waals surface area contributed by atoms with E-state index in [1.54, 1.807) is 6.92 Å². The fourth-order valence-electron chi connectivity index (χ4n) is 2.34. The Morgan fingerprint density at radius 1 is 1.42 bits per heavy atom. The molecule has 1 amide bonds. The van der Waals surface area contributed by atoms with Gasteiger partial charge in [0.1, 0.15) is 0 Å². The highest BCUT2D eigenvalue weighted by atomic mass is 16.1. The Labute approximate surface area is 143 Å². The maximum absolute atomic E-state index is 11.8. The predicted octanol–water partition coefficient (Wildman–Crippen LogP) is 2.24. The molecule has 0 saturated carbocycles. The zero-order valence-corrected chi connectivity index (χ0v) is 14.5. The summed E-state index contributed by atoms with van der Waals surface area (Å²) in [6, 6.07) is 7.71. The van der Waals surface area contributed by atoms with Gasteiger partial charge in [0.25, 0.3) is 5.91 Å². The molecule has 0 atom stereocenters. The smallest absolute Gasteiger partial charge is 0.250 e. The van der Waals surface area contributed by atoms with Crippen molar-refractivity contribution < 1.29 is 4.79 Å². The van der Waals surface area contributed by atoms with Crippen LogP contribution in [0.15, 0.2) is 42.6 Å². The van der Waals surface area contributed by atoms with Crippen molar-refractivity contribution in [2.45, 2.75) is 13.5 Å². The van der Waals surface area contributed by atoms with Gasteiger partial charge in [0.2, 0.25) is 0 Å². The molecule has 0 aliphatic carbocycles. The van der Waals surface area contributed by atoms with Crippen LogP contribution in [0.5, 0.6) is 0 Å². The average molecular weight is 327 g/mol. The topological polar surface area (TPSA) is 73.0 Å². The number of hydrogen-bond donors (Lipinski definition) is 3. The van der Waals surface area contributed by atoms with Crippen LogP contribution in [0.25, 0.3) is 11.3 Å². The summed E-state index contributed by atoms with van der Waals surface area (Å²) in [6.45, 7) is 8.04. The van der Waals surface area contributed by atoms with Crippen molar-refractivity contribution in [3.05, 3.63) is 48.2 Å². The minimum absolute atomic E-state index is 0.177. The van der Waals surface area contributed by atoms with Crippen LogP contribution >= 0.6 is 0 Å². The Hall–Kier alpha value is -2.44. The molecule has 0 unspecified atom stereocenters. The summed E-state index contributed by atoms with van der Waals surface area (Å²) in [5.74, 6) is -0.177. The number of hydrogen-bond acceptors (Lipinski definition) is 4. The summed E-state index contributed by atoms with van der Waals surface area (Å²) >= 11 is 0. The van der Waals surface area contributed by atoms with Gasteiger partial charge in [-0.1, -0.05) is 18.7 Å². The molecule has 2 aromatic rings. The molecule has 24 heavy (non-hydrogen) atoms. The van der Waals surface area contributed by atoms with Crippen LogP contribution in [0, 0.1) is 0 Å². The fraction of sp³-hybridized carbons (Fsp3) is 0.333. The van der Waals surface area contributed by atoms with Crippen LogP contribution in [-0.4, -0.2) is 48.2 Å². The zero-order chi connectivity index (χ0) is 17.5. The molecule has 2 rings (SSSR count). The van der Waals surface area contributed by atoms with E-state index >= 15 is 0 Å². The van der Waals surface area contributed by atoms with Crippen molar-refractivity contribution in [2.24, 2.45) is 0 Å². The molecule has 0 radical (unpaired) electrons. The van der Waals surface area contributed by atoms with Crippen molar-refractivity contribution in [3.63, 3.8) is 0 Å². The van der Waals surface area contributed by atoms with E-state index in [-0.39, 0.29) is 5.91 Å². The lowest BCUT2D eigenvalue weighted by Crippen LogP contribution is -2.27. The zero-order valence-electron chi connectivity index (χ0n) is 14.5. The summed E-state index contributed by atoms with van der Waals surface area (Å²) in [5, 5.41) is 13.2. The summed E-state index contributed by atoms with van der Waals surface area (Å²) in [5.41, 5.74) is 4.30. The highest BCUT2D eigenvalue weighted by Crippen LogP contribution is 2.25. The lowest BCUT2D eigenvalue weighted by molar-refractivity contribution is -0.112. The minimum Gasteiger partial charge on any atom is -0.322 e. The molecule has 0 saturated heterocycles. The van der Waals surface area contributed by atoms with E-state index in [2.05, 4.69) is 39.4 Å². The van der Waals surface area contributed by atoms with E-state index in [0.717, 1.165) is 42.1 Å². The molecule has 128 valence electrons. The molecule has 1 aromatic carbocycles. The quantitative estimate of drug-likeness (QED) is 0.650. The second-order valence-electron chi connectivity index (χ2n) is 5.93. The van der Waals surface area contributed by atoms with E-state index in [4.69, 9.17) is 0 Å². The summed E-state index contributed by atoms with van der Waals surface area (Å²) in [7, 11) is 4.03. The van der Waals surface area contributed by atoms with Crippen LogP contribution < -0.4 is 10.6 Å². The Morgan fingerprint density at radius 2 is 2.21 bits per heavy atom.